The average Bonchev–Trinajstić information content (AvgIpc) is 3.38. The molecule has 2 heteroatoms. The lowest BCUT2D eigenvalue weighted by Crippen LogP contribution is -2.41. The fraction of sp³-hybridized carbons (Fsp3) is 0.960. The molecule has 0 aromatic heterocycles. The van der Waals surface area contributed by atoms with Crippen LogP contribution in [0.4, 0.5) is 0 Å². The zero-order valence-electron chi connectivity index (χ0n) is 18.2. The van der Waals surface area contributed by atoms with E-state index in [2.05, 4.69) is 27.7 Å². The van der Waals surface area contributed by atoms with Gasteiger partial charge in [-0.25, -0.2) is 0 Å². The van der Waals surface area contributed by atoms with Crippen LogP contribution in [0, 0.1) is 47.3 Å². The van der Waals surface area contributed by atoms with Gasteiger partial charge in [-0.3, -0.25) is 4.79 Å². The molecule has 0 aromatic carbocycles. The second-order valence-corrected chi connectivity index (χ2v) is 10.6. The molecule has 0 spiro atoms. The molecule has 4 rings (SSSR count). The van der Waals surface area contributed by atoms with Crippen molar-refractivity contribution in [1.29, 1.82) is 0 Å². The summed E-state index contributed by atoms with van der Waals surface area (Å²) in [5.74, 6) is 6.29. The molecule has 4 aliphatic carbocycles. The molecule has 154 valence electrons. The summed E-state index contributed by atoms with van der Waals surface area (Å²) >= 11 is 0. The molecule has 8 atom stereocenters. The number of carbonyl (C=O) groups excluding carboxylic acids is 1. The van der Waals surface area contributed by atoms with Crippen LogP contribution in [0.1, 0.15) is 98.3 Å². The predicted molar refractivity (Wildman–Crippen MR) is 110 cm³/mol. The molecule has 0 N–H and O–H groups in total. The number of rotatable bonds is 6. The Morgan fingerprint density at radius 3 is 2.26 bits per heavy atom. The van der Waals surface area contributed by atoms with E-state index in [-0.39, 0.29) is 17.5 Å². The Bertz CT molecular complexity index is 534. The molecule has 0 heterocycles. The summed E-state index contributed by atoms with van der Waals surface area (Å²) < 4.78 is 6.28. The summed E-state index contributed by atoms with van der Waals surface area (Å²) in [6.45, 7) is 9.20. The molecule has 0 aromatic rings. The first-order valence-electron chi connectivity index (χ1n) is 12.3. The minimum atomic E-state index is -0.142. The van der Waals surface area contributed by atoms with E-state index in [0.29, 0.717) is 5.92 Å². The van der Waals surface area contributed by atoms with Crippen molar-refractivity contribution < 1.29 is 9.53 Å². The van der Waals surface area contributed by atoms with Gasteiger partial charge in [-0.1, -0.05) is 47.0 Å². The SMILES string of the molecule is CCC1CC(CC)C2C3CC(CC3C(C)C(=O)OC3(CC)CCCCC3)C12. The van der Waals surface area contributed by atoms with E-state index in [4.69, 9.17) is 4.74 Å². The molecule has 2 bridgehead atoms. The van der Waals surface area contributed by atoms with Crippen molar-refractivity contribution in [3.05, 3.63) is 0 Å². The summed E-state index contributed by atoms with van der Waals surface area (Å²) in [5, 5.41) is 0. The molecule has 0 saturated heterocycles. The van der Waals surface area contributed by atoms with Crippen molar-refractivity contribution >= 4 is 5.97 Å². The maximum absolute atomic E-state index is 13.2. The zero-order chi connectivity index (χ0) is 19.2. The molecule has 27 heavy (non-hydrogen) atoms. The van der Waals surface area contributed by atoms with Gasteiger partial charge >= 0.3 is 5.97 Å². The van der Waals surface area contributed by atoms with Gasteiger partial charge in [0, 0.05) is 0 Å². The highest BCUT2D eigenvalue weighted by Crippen LogP contribution is 2.66. The summed E-state index contributed by atoms with van der Waals surface area (Å²) in [4.78, 5) is 13.2. The van der Waals surface area contributed by atoms with Gasteiger partial charge in [0.05, 0.1) is 5.92 Å². The first kappa shape index (κ1) is 19.8. The standard InChI is InChI=1S/C25H42O2/c1-5-17-13-18(6-2)23-21-15-19(22(17)23)14-20(21)16(4)24(26)27-25(7-3)11-9-8-10-12-25/h16-23H,5-15H2,1-4H3. The second-order valence-electron chi connectivity index (χ2n) is 10.6. The molecule has 0 amide bonds. The lowest BCUT2D eigenvalue weighted by molar-refractivity contribution is -0.171. The Hall–Kier alpha value is -0.530. The van der Waals surface area contributed by atoms with Crippen LogP contribution in [0.15, 0.2) is 0 Å². The van der Waals surface area contributed by atoms with Gasteiger partial charge in [-0.2, -0.15) is 0 Å². The summed E-state index contributed by atoms with van der Waals surface area (Å²) in [6, 6.07) is 0. The molecular weight excluding hydrogens is 332 g/mol. The fourth-order valence-electron chi connectivity index (χ4n) is 8.23. The van der Waals surface area contributed by atoms with Crippen LogP contribution >= 0.6 is 0 Å². The van der Waals surface area contributed by atoms with Gasteiger partial charge in [-0.05, 0) is 92.8 Å². The summed E-state index contributed by atoms with van der Waals surface area (Å²) in [6.07, 6.45) is 13.8. The van der Waals surface area contributed by atoms with Crippen molar-refractivity contribution in [1.82, 2.24) is 0 Å². The first-order chi connectivity index (χ1) is 13.0. The molecular formula is C25H42O2. The smallest absolute Gasteiger partial charge is 0.309 e. The molecule has 0 aliphatic heterocycles. The second kappa shape index (κ2) is 7.71. The Balaban J connectivity index is 1.44. The fourth-order valence-corrected chi connectivity index (χ4v) is 8.23. The minimum absolute atomic E-state index is 0.101. The lowest BCUT2D eigenvalue weighted by atomic mass is 9.67. The Kier molecular flexibility index (Phi) is 5.65. The van der Waals surface area contributed by atoms with E-state index >= 15 is 0 Å². The highest BCUT2D eigenvalue weighted by molar-refractivity contribution is 5.73. The largest absolute Gasteiger partial charge is 0.459 e. The molecule has 4 aliphatic rings. The van der Waals surface area contributed by atoms with E-state index in [1.165, 1.54) is 51.4 Å². The van der Waals surface area contributed by atoms with Crippen molar-refractivity contribution in [2.24, 2.45) is 47.3 Å². The van der Waals surface area contributed by atoms with Gasteiger partial charge in [0.2, 0.25) is 0 Å². The monoisotopic (exact) mass is 374 g/mol. The van der Waals surface area contributed by atoms with Gasteiger partial charge in [0.1, 0.15) is 5.60 Å². The maximum Gasteiger partial charge on any atom is 0.309 e. The van der Waals surface area contributed by atoms with E-state index < -0.39 is 0 Å². The van der Waals surface area contributed by atoms with Crippen LogP contribution in [0.5, 0.6) is 0 Å². The normalized spacial score (nSPS) is 43.5. The van der Waals surface area contributed by atoms with Gasteiger partial charge in [0.25, 0.3) is 0 Å². The van der Waals surface area contributed by atoms with E-state index in [9.17, 15) is 4.79 Å². The number of esters is 1. The van der Waals surface area contributed by atoms with Gasteiger partial charge < -0.3 is 4.74 Å². The van der Waals surface area contributed by atoms with E-state index in [0.717, 1.165) is 54.8 Å². The molecule has 0 radical (unpaired) electrons. The Morgan fingerprint density at radius 2 is 1.63 bits per heavy atom. The average molecular weight is 375 g/mol. The predicted octanol–water partition coefficient (Wildman–Crippen LogP) is 6.62. The third-order valence-corrected chi connectivity index (χ3v) is 9.67. The quantitative estimate of drug-likeness (QED) is 0.488. The van der Waals surface area contributed by atoms with Crippen LogP contribution in [0.3, 0.4) is 0 Å². The van der Waals surface area contributed by atoms with Crippen molar-refractivity contribution in [3.8, 4) is 0 Å². The van der Waals surface area contributed by atoms with E-state index in [1.54, 1.807) is 0 Å². The third-order valence-electron chi connectivity index (χ3n) is 9.67. The summed E-state index contributed by atoms with van der Waals surface area (Å²) in [5.41, 5.74) is -0.142. The highest BCUT2D eigenvalue weighted by atomic mass is 16.6. The molecule has 4 fully saturated rings. The van der Waals surface area contributed by atoms with Crippen LogP contribution < -0.4 is 0 Å². The zero-order valence-corrected chi connectivity index (χ0v) is 18.2. The first-order valence-corrected chi connectivity index (χ1v) is 12.3. The molecule has 8 unspecified atom stereocenters. The number of ether oxygens (including phenoxy) is 1. The molecule has 2 nitrogen and oxygen atoms in total. The van der Waals surface area contributed by atoms with Crippen LogP contribution in [0.2, 0.25) is 0 Å². The van der Waals surface area contributed by atoms with Crippen LogP contribution in [0.25, 0.3) is 0 Å². The minimum Gasteiger partial charge on any atom is -0.459 e. The van der Waals surface area contributed by atoms with Crippen LogP contribution in [-0.4, -0.2) is 11.6 Å². The number of hydrogen-bond donors (Lipinski definition) is 0. The van der Waals surface area contributed by atoms with Crippen LogP contribution in [-0.2, 0) is 9.53 Å². The maximum atomic E-state index is 13.2. The Labute approximate surface area is 167 Å². The van der Waals surface area contributed by atoms with Gasteiger partial charge in [0.15, 0.2) is 0 Å². The molecule has 4 saturated carbocycles. The number of carbonyl (C=O) groups is 1. The van der Waals surface area contributed by atoms with Crippen molar-refractivity contribution in [3.63, 3.8) is 0 Å². The topological polar surface area (TPSA) is 26.3 Å². The Morgan fingerprint density at radius 1 is 0.963 bits per heavy atom. The lowest BCUT2D eigenvalue weighted by Gasteiger charge is -2.40. The van der Waals surface area contributed by atoms with E-state index in [1.807, 2.05) is 0 Å². The van der Waals surface area contributed by atoms with Crippen molar-refractivity contribution in [2.75, 3.05) is 0 Å². The van der Waals surface area contributed by atoms with Gasteiger partial charge in [-0.15, -0.1) is 0 Å². The third kappa shape index (κ3) is 3.27. The number of fused-ring (bicyclic) bond motifs is 5. The highest BCUT2D eigenvalue weighted by Gasteiger charge is 2.60. The van der Waals surface area contributed by atoms with Crippen molar-refractivity contribution in [2.45, 2.75) is 104 Å². The number of hydrogen-bond acceptors (Lipinski definition) is 2. The summed E-state index contributed by atoms with van der Waals surface area (Å²) in [7, 11) is 0.